The first kappa shape index (κ1) is 9.65. The third-order valence-electron chi connectivity index (χ3n) is 2.28. The summed E-state index contributed by atoms with van der Waals surface area (Å²) in [6.07, 6.45) is 1.77. The largest absolute Gasteiger partial charge is 0.303 e. The molecule has 0 fully saturated rings. The van der Waals surface area contributed by atoms with Gasteiger partial charge in [0.05, 0.1) is 0 Å². The van der Waals surface area contributed by atoms with E-state index in [0.29, 0.717) is 5.69 Å². The van der Waals surface area contributed by atoms with Crippen molar-refractivity contribution in [1.82, 2.24) is 9.55 Å². The molecule has 0 saturated heterocycles. The molecule has 0 aliphatic carbocycles. The maximum absolute atomic E-state index is 11.2. The fourth-order valence-electron chi connectivity index (χ4n) is 1.49. The lowest BCUT2D eigenvalue weighted by Crippen LogP contribution is -1.94. The molecule has 3 heteroatoms. The lowest BCUT2D eigenvalue weighted by atomic mass is 10.3. The van der Waals surface area contributed by atoms with Gasteiger partial charge in [-0.25, -0.2) is 4.98 Å². The molecule has 76 valence electrons. The molecular formula is C12H12N2O. The number of aryl methyl sites for hydroxylation is 1. The Morgan fingerprint density at radius 3 is 2.47 bits per heavy atom. The molecule has 0 saturated carbocycles. The second-order valence-electron chi connectivity index (χ2n) is 3.44. The van der Waals surface area contributed by atoms with Crippen molar-refractivity contribution in [2.75, 3.05) is 0 Å². The van der Waals surface area contributed by atoms with Crippen molar-refractivity contribution in [3.63, 3.8) is 0 Å². The highest BCUT2D eigenvalue weighted by atomic mass is 16.1. The predicted molar refractivity (Wildman–Crippen MR) is 58.3 cm³/mol. The van der Waals surface area contributed by atoms with Gasteiger partial charge in [0, 0.05) is 18.8 Å². The topological polar surface area (TPSA) is 34.9 Å². The third kappa shape index (κ3) is 1.81. The molecule has 0 atom stereocenters. The predicted octanol–water partition coefficient (Wildman–Crippen LogP) is 2.38. The van der Waals surface area contributed by atoms with Crippen molar-refractivity contribution in [2.24, 2.45) is 0 Å². The number of para-hydroxylation sites is 1. The van der Waals surface area contributed by atoms with E-state index < -0.39 is 0 Å². The Labute approximate surface area is 88.4 Å². The number of hydrogen-bond acceptors (Lipinski definition) is 2. The summed E-state index contributed by atoms with van der Waals surface area (Å²) in [5.74, 6) is 0.819. The van der Waals surface area contributed by atoms with Gasteiger partial charge < -0.3 is 4.57 Å². The number of aromatic nitrogens is 2. The Balaban J connectivity index is 2.50. The molecule has 1 aromatic heterocycles. The van der Waals surface area contributed by atoms with Crippen molar-refractivity contribution in [2.45, 2.75) is 13.8 Å². The number of imidazole rings is 1. The van der Waals surface area contributed by atoms with Crippen LogP contribution in [-0.4, -0.2) is 15.3 Å². The van der Waals surface area contributed by atoms with Crippen LogP contribution < -0.4 is 0 Å². The normalized spacial score (nSPS) is 10.3. The zero-order valence-corrected chi connectivity index (χ0v) is 8.77. The average Bonchev–Trinajstić information content (AvgIpc) is 2.62. The van der Waals surface area contributed by atoms with E-state index in [1.165, 1.54) is 6.92 Å². The SMILES string of the molecule is CC(=O)c1cn(-c2ccccc2)c(C)n1. The Morgan fingerprint density at radius 2 is 1.93 bits per heavy atom. The van der Waals surface area contributed by atoms with Crippen molar-refractivity contribution < 1.29 is 4.79 Å². The highest BCUT2D eigenvalue weighted by Crippen LogP contribution is 2.11. The number of ketones is 1. The monoisotopic (exact) mass is 200 g/mol. The number of hydrogen-bond donors (Lipinski definition) is 0. The van der Waals surface area contributed by atoms with Crippen molar-refractivity contribution in [1.29, 1.82) is 0 Å². The summed E-state index contributed by atoms with van der Waals surface area (Å²) in [4.78, 5) is 15.4. The average molecular weight is 200 g/mol. The third-order valence-corrected chi connectivity index (χ3v) is 2.28. The number of carbonyl (C=O) groups excluding carboxylic acids is 1. The molecule has 2 rings (SSSR count). The summed E-state index contributed by atoms with van der Waals surface area (Å²) >= 11 is 0. The maximum Gasteiger partial charge on any atom is 0.179 e. The summed E-state index contributed by atoms with van der Waals surface area (Å²) in [5.41, 5.74) is 1.53. The molecule has 1 heterocycles. The quantitative estimate of drug-likeness (QED) is 0.697. The van der Waals surface area contributed by atoms with E-state index in [-0.39, 0.29) is 5.78 Å². The molecule has 0 bridgehead atoms. The highest BCUT2D eigenvalue weighted by molar-refractivity contribution is 5.92. The summed E-state index contributed by atoms with van der Waals surface area (Å²) in [7, 11) is 0. The smallest absolute Gasteiger partial charge is 0.179 e. The first-order chi connectivity index (χ1) is 7.18. The minimum absolute atomic E-state index is 0.00668. The van der Waals surface area contributed by atoms with E-state index in [4.69, 9.17) is 0 Å². The Morgan fingerprint density at radius 1 is 1.27 bits per heavy atom. The van der Waals surface area contributed by atoms with Crippen LogP contribution in [0.5, 0.6) is 0 Å². The molecule has 1 aromatic carbocycles. The molecule has 0 aliphatic rings. The molecule has 0 N–H and O–H groups in total. The first-order valence-electron chi connectivity index (χ1n) is 4.81. The van der Waals surface area contributed by atoms with Crippen molar-refractivity contribution in [3.8, 4) is 5.69 Å². The lowest BCUT2D eigenvalue weighted by Gasteiger charge is -2.02. The molecular weight excluding hydrogens is 188 g/mol. The van der Waals surface area contributed by atoms with E-state index in [1.54, 1.807) is 6.20 Å². The van der Waals surface area contributed by atoms with Crippen LogP contribution in [0.2, 0.25) is 0 Å². The van der Waals surface area contributed by atoms with Gasteiger partial charge in [-0.05, 0) is 19.1 Å². The second-order valence-corrected chi connectivity index (χ2v) is 3.44. The van der Waals surface area contributed by atoms with Gasteiger partial charge in [-0.3, -0.25) is 4.79 Å². The summed E-state index contributed by atoms with van der Waals surface area (Å²) < 4.78 is 1.91. The van der Waals surface area contributed by atoms with Crippen LogP contribution in [0.15, 0.2) is 36.5 Å². The molecule has 15 heavy (non-hydrogen) atoms. The molecule has 2 aromatic rings. The highest BCUT2D eigenvalue weighted by Gasteiger charge is 2.08. The first-order valence-corrected chi connectivity index (χ1v) is 4.81. The Kier molecular flexibility index (Phi) is 2.37. The van der Waals surface area contributed by atoms with Gasteiger partial charge in [-0.1, -0.05) is 18.2 Å². The number of nitrogens with zero attached hydrogens (tertiary/aromatic N) is 2. The van der Waals surface area contributed by atoms with Crippen LogP contribution in [0.3, 0.4) is 0 Å². The van der Waals surface area contributed by atoms with Gasteiger partial charge in [0.1, 0.15) is 11.5 Å². The number of Topliss-reactive ketones (excluding diaryl/α,β-unsaturated/α-hetero) is 1. The van der Waals surface area contributed by atoms with Crippen LogP contribution in [0, 0.1) is 6.92 Å². The van der Waals surface area contributed by atoms with Gasteiger partial charge in [0.2, 0.25) is 0 Å². The van der Waals surface area contributed by atoms with Crippen LogP contribution in [-0.2, 0) is 0 Å². The zero-order chi connectivity index (χ0) is 10.8. The van der Waals surface area contributed by atoms with Crippen LogP contribution >= 0.6 is 0 Å². The Bertz CT molecular complexity index is 486. The second kappa shape index (κ2) is 3.69. The summed E-state index contributed by atoms with van der Waals surface area (Å²) in [6.45, 7) is 3.41. The molecule has 3 nitrogen and oxygen atoms in total. The van der Waals surface area contributed by atoms with Crippen molar-refractivity contribution in [3.05, 3.63) is 48.0 Å². The van der Waals surface area contributed by atoms with E-state index in [0.717, 1.165) is 11.5 Å². The van der Waals surface area contributed by atoms with E-state index in [2.05, 4.69) is 4.98 Å². The molecule has 0 aliphatic heterocycles. The number of carbonyl (C=O) groups is 1. The number of benzene rings is 1. The minimum Gasteiger partial charge on any atom is -0.303 e. The van der Waals surface area contributed by atoms with E-state index in [1.807, 2.05) is 41.8 Å². The van der Waals surface area contributed by atoms with Crippen LogP contribution in [0.1, 0.15) is 23.2 Å². The van der Waals surface area contributed by atoms with Crippen molar-refractivity contribution >= 4 is 5.78 Å². The zero-order valence-electron chi connectivity index (χ0n) is 8.77. The molecule has 0 unspecified atom stereocenters. The van der Waals surface area contributed by atoms with Gasteiger partial charge in [-0.2, -0.15) is 0 Å². The van der Waals surface area contributed by atoms with E-state index >= 15 is 0 Å². The van der Waals surface area contributed by atoms with Gasteiger partial charge >= 0.3 is 0 Å². The van der Waals surface area contributed by atoms with Gasteiger partial charge in [0.25, 0.3) is 0 Å². The molecule has 0 radical (unpaired) electrons. The Hall–Kier alpha value is -1.90. The van der Waals surface area contributed by atoms with Gasteiger partial charge in [0.15, 0.2) is 5.78 Å². The summed E-state index contributed by atoms with van der Waals surface area (Å²) in [6, 6.07) is 9.85. The van der Waals surface area contributed by atoms with E-state index in [9.17, 15) is 4.79 Å². The fourth-order valence-corrected chi connectivity index (χ4v) is 1.49. The van der Waals surface area contributed by atoms with Crippen LogP contribution in [0.25, 0.3) is 5.69 Å². The summed E-state index contributed by atoms with van der Waals surface area (Å²) in [5, 5.41) is 0. The fraction of sp³-hybridized carbons (Fsp3) is 0.167. The standard InChI is InChI=1S/C12H12N2O/c1-9(15)12-8-14(10(2)13-12)11-6-4-3-5-7-11/h3-8H,1-2H3. The lowest BCUT2D eigenvalue weighted by molar-refractivity contribution is 0.101. The minimum atomic E-state index is -0.00668. The molecule has 0 amide bonds. The van der Waals surface area contributed by atoms with Gasteiger partial charge in [-0.15, -0.1) is 0 Å². The molecule has 0 spiro atoms. The number of rotatable bonds is 2. The maximum atomic E-state index is 11.2. The van der Waals surface area contributed by atoms with Crippen LogP contribution in [0.4, 0.5) is 0 Å².